The first kappa shape index (κ1) is 19.2. The molecule has 0 unspecified atom stereocenters. The highest BCUT2D eigenvalue weighted by Gasteiger charge is 2.36. The highest BCUT2D eigenvalue weighted by atomic mass is 16.5. The van der Waals surface area contributed by atoms with E-state index in [1.807, 2.05) is 25.1 Å². The zero-order valence-corrected chi connectivity index (χ0v) is 16.7. The molecule has 4 rings (SSSR count). The first-order valence-electron chi connectivity index (χ1n) is 9.82. The molecule has 1 aliphatic rings. The van der Waals surface area contributed by atoms with E-state index >= 15 is 0 Å². The van der Waals surface area contributed by atoms with Gasteiger partial charge in [-0.05, 0) is 67.0 Å². The Morgan fingerprint density at radius 2 is 1.93 bits per heavy atom. The Balaban J connectivity index is 1.86. The van der Waals surface area contributed by atoms with Crippen LogP contribution in [-0.2, 0) is 4.79 Å². The van der Waals surface area contributed by atoms with Crippen molar-refractivity contribution in [3.05, 3.63) is 47.9 Å². The van der Waals surface area contributed by atoms with E-state index in [9.17, 15) is 9.90 Å². The van der Waals surface area contributed by atoms with E-state index in [0.29, 0.717) is 18.7 Å². The van der Waals surface area contributed by atoms with Crippen LogP contribution in [0.3, 0.4) is 0 Å². The van der Waals surface area contributed by atoms with E-state index in [-0.39, 0.29) is 23.7 Å². The number of hydrogen-bond donors (Lipinski definition) is 2. The number of carboxylic acids is 1. The first-order valence-corrected chi connectivity index (χ1v) is 9.82. The molecule has 3 aromatic rings. The quantitative estimate of drug-likeness (QED) is 0.655. The third kappa shape index (κ3) is 3.62. The molecule has 0 spiro atoms. The average molecular weight is 392 g/mol. The maximum absolute atomic E-state index is 11.1. The minimum Gasteiger partial charge on any atom is -0.508 e. The van der Waals surface area contributed by atoms with Crippen molar-refractivity contribution in [3.63, 3.8) is 0 Å². The SMILES string of the molecule is Cc1cc(-c2c(C(C)C)nc(O[C@H]3C[C@H](C(=O)O)C3)c3cc(O)ccc23)ccn1. The Morgan fingerprint density at radius 3 is 2.59 bits per heavy atom. The number of nitrogens with zero attached hydrogens (tertiary/aromatic N) is 2. The van der Waals surface area contributed by atoms with Crippen LogP contribution in [-0.4, -0.2) is 32.3 Å². The number of rotatable bonds is 5. The molecule has 0 aliphatic heterocycles. The predicted molar refractivity (Wildman–Crippen MR) is 110 cm³/mol. The maximum Gasteiger partial charge on any atom is 0.306 e. The summed E-state index contributed by atoms with van der Waals surface area (Å²) in [5, 5.41) is 20.9. The summed E-state index contributed by atoms with van der Waals surface area (Å²) in [6.45, 7) is 6.12. The Morgan fingerprint density at radius 1 is 1.17 bits per heavy atom. The number of aliphatic carboxylic acids is 1. The molecule has 1 saturated carbocycles. The van der Waals surface area contributed by atoms with Crippen LogP contribution in [0.1, 0.15) is 44.0 Å². The third-order valence-electron chi connectivity index (χ3n) is 5.44. The van der Waals surface area contributed by atoms with Crippen LogP contribution >= 0.6 is 0 Å². The van der Waals surface area contributed by atoms with Crippen LogP contribution in [0.5, 0.6) is 11.6 Å². The molecule has 2 N–H and O–H groups in total. The fraction of sp³-hybridized carbons (Fsp3) is 0.348. The Bertz CT molecular complexity index is 1090. The standard InChI is InChI=1S/C23H24N2O4/c1-12(2)21-20(14-6-7-24-13(3)8-14)18-5-4-16(26)11-19(18)22(25-21)29-17-9-15(10-17)23(27)28/h4-8,11-12,15,17,26H,9-10H2,1-3H3,(H,27,28)/t15-,17-. The van der Waals surface area contributed by atoms with Crippen molar-refractivity contribution in [2.75, 3.05) is 0 Å². The van der Waals surface area contributed by atoms with Crippen molar-refractivity contribution in [2.24, 2.45) is 5.92 Å². The molecule has 150 valence electrons. The number of carboxylic acid groups (broad SMARTS) is 1. The Hall–Kier alpha value is -3.15. The maximum atomic E-state index is 11.1. The van der Waals surface area contributed by atoms with E-state index in [1.165, 1.54) is 0 Å². The molecule has 0 bridgehead atoms. The summed E-state index contributed by atoms with van der Waals surface area (Å²) in [5.41, 5.74) is 3.84. The van der Waals surface area contributed by atoms with Gasteiger partial charge in [-0.3, -0.25) is 9.78 Å². The van der Waals surface area contributed by atoms with Gasteiger partial charge >= 0.3 is 5.97 Å². The molecule has 2 heterocycles. The second-order valence-corrected chi connectivity index (χ2v) is 7.99. The number of pyridine rings is 2. The summed E-state index contributed by atoms with van der Waals surface area (Å²) < 4.78 is 6.11. The lowest BCUT2D eigenvalue weighted by Crippen LogP contribution is -2.38. The molecule has 6 nitrogen and oxygen atoms in total. The zero-order valence-electron chi connectivity index (χ0n) is 16.7. The average Bonchev–Trinajstić information content (AvgIpc) is 2.63. The third-order valence-corrected chi connectivity index (χ3v) is 5.44. The largest absolute Gasteiger partial charge is 0.508 e. The fourth-order valence-corrected chi connectivity index (χ4v) is 3.82. The van der Waals surface area contributed by atoms with Crippen LogP contribution < -0.4 is 4.74 Å². The van der Waals surface area contributed by atoms with Crippen LogP contribution in [0.15, 0.2) is 36.5 Å². The van der Waals surface area contributed by atoms with Crippen LogP contribution in [0.4, 0.5) is 0 Å². The topological polar surface area (TPSA) is 92.5 Å². The summed E-state index contributed by atoms with van der Waals surface area (Å²) in [6, 6.07) is 9.20. The normalized spacial score (nSPS) is 18.6. The van der Waals surface area contributed by atoms with Gasteiger partial charge in [0, 0.05) is 22.8 Å². The van der Waals surface area contributed by atoms with Crippen LogP contribution in [0, 0.1) is 12.8 Å². The second kappa shape index (κ2) is 7.35. The fourth-order valence-electron chi connectivity index (χ4n) is 3.82. The van der Waals surface area contributed by atoms with Gasteiger partial charge in [0.15, 0.2) is 0 Å². The van der Waals surface area contributed by atoms with Crippen molar-refractivity contribution in [2.45, 2.75) is 45.6 Å². The van der Waals surface area contributed by atoms with Gasteiger partial charge in [0.05, 0.1) is 11.6 Å². The predicted octanol–water partition coefficient (Wildman–Crippen LogP) is 4.68. The number of fused-ring (bicyclic) bond motifs is 1. The number of ether oxygens (including phenoxy) is 1. The van der Waals surface area contributed by atoms with Gasteiger partial charge < -0.3 is 14.9 Å². The molecule has 1 aromatic carbocycles. The van der Waals surface area contributed by atoms with Gasteiger partial charge in [0.25, 0.3) is 0 Å². The number of phenols is 1. The lowest BCUT2D eigenvalue weighted by Gasteiger charge is -2.32. The number of hydrogen-bond acceptors (Lipinski definition) is 5. The molecule has 0 atom stereocenters. The number of aromatic nitrogens is 2. The summed E-state index contributed by atoms with van der Waals surface area (Å²) in [7, 11) is 0. The van der Waals surface area contributed by atoms with Gasteiger partial charge in [-0.1, -0.05) is 13.8 Å². The van der Waals surface area contributed by atoms with E-state index in [0.717, 1.165) is 33.3 Å². The van der Waals surface area contributed by atoms with Gasteiger partial charge in [-0.15, -0.1) is 0 Å². The van der Waals surface area contributed by atoms with Crippen molar-refractivity contribution >= 4 is 16.7 Å². The smallest absolute Gasteiger partial charge is 0.306 e. The van der Waals surface area contributed by atoms with Crippen molar-refractivity contribution in [1.82, 2.24) is 9.97 Å². The molecule has 1 fully saturated rings. The van der Waals surface area contributed by atoms with E-state index in [1.54, 1.807) is 18.3 Å². The molecule has 0 amide bonds. The minimum absolute atomic E-state index is 0.135. The van der Waals surface area contributed by atoms with E-state index in [4.69, 9.17) is 14.8 Å². The number of benzene rings is 1. The summed E-state index contributed by atoms with van der Waals surface area (Å²) >= 11 is 0. The minimum atomic E-state index is -0.786. The molecular weight excluding hydrogens is 368 g/mol. The van der Waals surface area contributed by atoms with Gasteiger partial charge in [-0.25, -0.2) is 4.98 Å². The molecule has 6 heteroatoms. The number of carbonyl (C=O) groups is 1. The molecular formula is C23H24N2O4. The summed E-state index contributed by atoms with van der Waals surface area (Å²) in [6.07, 6.45) is 2.55. The van der Waals surface area contributed by atoms with Crippen LogP contribution in [0.2, 0.25) is 0 Å². The van der Waals surface area contributed by atoms with Crippen LogP contribution in [0.25, 0.3) is 21.9 Å². The van der Waals surface area contributed by atoms with Gasteiger partial charge in [0.1, 0.15) is 11.9 Å². The molecule has 0 saturated heterocycles. The van der Waals surface area contributed by atoms with Crippen molar-refractivity contribution in [1.29, 1.82) is 0 Å². The Kier molecular flexibility index (Phi) is 4.86. The first-order chi connectivity index (χ1) is 13.8. The summed E-state index contributed by atoms with van der Waals surface area (Å²) in [4.78, 5) is 20.2. The van der Waals surface area contributed by atoms with Crippen molar-refractivity contribution < 1.29 is 19.7 Å². The highest BCUT2D eigenvalue weighted by Crippen LogP contribution is 2.41. The summed E-state index contributed by atoms with van der Waals surface area (Å²) in [5.74, 6) is -0.416. The second-order valence-electron chi connectivity index (χ2n) is 7.99. The zero-order chi connectivity index (χ0) is 20.7. The van der Waals surface area contributed by atoms with E-state index in [2.05, 4.69) is 18.8 Å². The number of aryl methyl sites for hydroxylation is 1. The number of aromatic hydroxyl groups is 1. The molecule has 29 heavy (non-hydrogen) atoms. The van der Waals surface area contributed by atoms with Gasteiger partial charge in [-0.2, -0.15) is 0 Å². The van der Waals surface area contributed by atoms with E-state index < -0.39 is 5.97 Å². The van der Waals surface area contributed by atoms with Crippen molar-refractivity contribution in [3.8, 4) is 22.8 Å². The Labute approximate surface area is 169 Å². The molecule has 2 aromatic heterocycles. The van der Waals surface area contributed by atoms with Gasteiger partial charge in [0.2, 0.25) is 5.88 Å². The number of phenolic OH excluding ortho intramolecular Hbond substituents is 1. The molecule has 0 radical (unpaired) electrons. The monoisotopic (exact) mass is 392 g/mol. The highest BCUT2D eigenvalue weighted by molar-refractivity contribution is 6.01. The lowest BCUT2D eigenvalue weighted by molar-refractivity contribution is -0.148. The lowest BCUT2D eigenvalue weighted by atomic mass is 9.82. The molecule has 1 aliphatic carbocycles.